The van der Waals surface area contributed by atoms with E-state index < -0.39 is 0 Å². The van der Waals surface area contributed by atoms with E-state index in [0.717, 1.165) is 25.2 Å². The molecule has 1 aromatic heterocycles. The lowest BCUT2D eigenvalue weighted by molar-refractivity contribution is 0.183. The third-order valence-corrected chi connectivity index (χ3v) is 2.17. The second-order valence-corrected chi connectivity index (χ2v) is 3.73. The maximum atomic E-state index is 9.05. The number of aromatic nitrogens is 2. The summed E-state index contributed by atoms with van der Waals surface area (Å²) in [4.78, 5) is 0. The van der Waals surface area contributed by atoms with E-state index in [4.69, 9.17) is 5.11 Å². The number of hydrogen-bond acceptors (Lipinski definition) is 3. The monoisotopic (exact) mass is 197 g/mol. The van der Waals surface area contributed by atoms with Crippen LogP contribution in [0.2, 0.25) is 0 Å². The fourth-order valence-electron chi connectivity index (χ4n) is 1.36. The van der Waals surface area contributed by atoms with Gasteiger partial charge in [0.25, 0.3) is 0 Å². The summed E-state index contributed by atoms with van der Waals surface area (Å²) in [5.41, 5.74) is 2.29. The Morgan fingerprint density at radius 3 is 2.86 bits per heavy atom. The fraction of sp³-hybridized carbons (Fsp3) is 0.700. The van der Waals surface area contributed by atoms with Crippen molar-refractivity contribution in [3.63, 3.8) is 0 Å². The maximum Gasteiger partial charge on any atom is 0.0638 e. The number of aliphatic hydroxyl groups excluding tert-OH is 1. The second-order valence-electron chi connectivity index (χ2n) is 3.73. The highest BCUT2D eigenvalue weighted by atomic mass is 16.3. The molecular weight excluding hydrogens is 178 g/mol. The molecule has 4 nitrogen and oxygen atoms in total. The van der Waals surface area contributed by atoms with Crippen molar-refractivity contribution in [2.24, 2.45) is 7.05 Å². The van der Waals surface area contributed by atoms with Crippen LogP contribution >= 0.6 is 0 Å². The zero-order chi connectivity index (χ0) is 10.6. The molecule has 1 atom stereocenters. The van der Waals surface area contributed by atoms with Crippen molar-refractivity contribution in [1.82, 2.24) is 15.1 Å². The lowest BCUT2D eigenvalue weighted by Gasteiger charge is -2.05. The lowest BCUT2D eigenvalue weighted by atomic mass is 10.2. The number of nitrogens with zero attached hydrogens (tertiary/aromatic N) is 2. The molecule has 0 spiro atoms. The van der Waals surface area contributed by atoms with Gasteiger partial charge in [-0.1, -0.05) is 0 Å². The molecule has 0 radical (unpaired) electrons. The third-order valence-electron chi connectivity index (χ3n) is 2.17. The SMILES string of the molecule is Cc1nn(C)cc1CNCCC(C)O. The van der Waals surface area contributed by atoms with Crippen molar-refractivity contribution < 1.29 is 5.11 Å². The Labute approximate surface area is 84.9 Å². The molecule has 0 aliphatic heterocycles. The van der Waals surface area contributed by atoms with Gasteiger partial charge in [0.15, 0.2) is 0 Å². The van der Waals surface area contributed by atoms with Crippen molar-refractivity contribution >= 4 is 0 Å². The molecule has 0 aliphatic rings. The Morgan fingerprint density at radius 1 is 1.64 bits per heavy atom. The molecule has 14 heavy (non-hydrogen) atoms. The van der Waals surface area contributed by atoms with Gasteiger partial charge in [-0.15, -0.1) is 0 Å². The van der Waals surface area contributed by atoms with Crippen molar-refractivity contribution in [2.75, 3.05) is 6.54 Å². The zero-order valence-electron chi connectivity index (χ0n) is 9.12. The summed E-state index contributed by atoms with van der Waals surface area (Å²) in [6, 6.07) is 0. The molecule has 1 unspecified atom stereocenters. The molecule has 80 valence electrons. The fourth-order valence-corrected chi connectivity index (χ4v) is 1.36. The molecule has 1 rings (SSSR count). The van der Waals surface area contributed by atoms with Crippen LogP contribution in [0.25, 0.3) is 0 Å². The van der Waals surface area contributed by atoms with E-state index in [2.05, 4.69) is 10.4 Å². The van der Waals surface area contributed by atoms with Gasteiger partial charge in [-0.2, -0.15) is 5.10 Å². The van der Waals surface area contributed by atoms with Crippen LogP contribution in [0.15, 0.2) is 6.20 Å². The van der Waals surface area contributed by atoms with E-state index in [1.807, 2.05) is 24.9 Å². The molecule has 4 heteroatoms. The Bertz CT molecular complexity index is 281. The van der Waals surface area contributed by atoms with Crippen LogP contribution in [0.4, 0.5) is 0 Å². The quantitative estimate of drug-likeness (QED) is 0.679. The normalized spacial score (nSPS) is 13.1. The number of nitrogens with one attached hydrogen (secondary N) is 1. The predicted molar refractivity (Wildman–Crippen MR) is 55.9 cm³/mol. The van der Waals surface area contributed by atoms with Crippen LogP contribution in [0.5, 0.6) is 0 Å². The van der Waals surface area contributed by atoms with Gasteiger partial charge in [0.1, 0.15) is 0 Å². The zero-order valence-corrected chi connectivity index (χ0v) is 9.12. The Balaban J connectivity index is 2.28. The van der Waals surface area contributed by atoms with Crippen molar-refractivity contribution in [1.29, 1.82) is 0 Å². The summed E-state index contributed by atoms with van der Waals surface area (Å²) in [5, 5.41) is 16.6. The Hall–Kier alpha value is -0.870. The van der Waals surface area contributed by atoms with Crippen LogP contribution in [-0.2, 0) is 13.6 Å². The molecule has 0 bridgehead atoms. The van der Waals surface area contributed by atoms with E-state index in [9.17, 15) is 0 Å². The van der Waals surface area contributed by atoms with Gasteiger partial charge in [0.2, 0.25) is 0 Å². The van der Waals surface area contributed by atoms with Crippen LogP contribution < -0.4 is 5.32 Å². The summed E-state index contributed by atoms with van der Waals surface area (Å²) >= 11 is 0. The van der Waals surface area contributed by atoms with Gasteiger partial charge < -0.3 is 10.4 Å². The minimum Gasteiger partial charge on any atom is -0.393 e. The number of hydrogen-bond donors (Lipinski definition) is 2. The van der Waals surface area contributed by atoms with E-state index in [1.165, 1.54) is 5.56 Å². The van der Waals surface area contributed by atoms with Crippen molar-refractivity contribution in [3.8, 4) is 0 Å². The van der Waals surface area contributed by atoms with E-state index in [1.54, 1.807) is 6.92 Å². The lowest BCUT2D eigenvalue weighted by Crippen LogP contribution is -2.18. The first-order valence-corrected chi connectivity index (χ1v) is 4.97. The summed E-state index contributed by atoms with van der Waals surface area (Å²) in [6.45, 7) is 5.47. The van der Waals surface area contributed by atoms with Gasteiger partial charge >= 0.3 is 0 Å². The van der Waals surface area contributed by atoms with E-state index >= 15 is 0 Å². The maximum absolute atomic E-state index is 9.05. The molecule has 0 saturated carbocycles. The van der Waals surface area contributed by atoms with Gasteiger partial charge in [-0.3, -0.25) is 4.68 Å². The van der Waals surface area contributed by atoms with Crippen molar-refractivity contribution in [3.05, 3.63) is 17.5 Å². The van der Waals surface area contributed by atoms with Crippen LogP contribution in [-0.4, -0.2) is 27.5 Å². The molecule has 0 fully saturated rings. The first-order chi connectivity index (χ1) is 6.59. The van der Waals surface area contributed by atoms with Gasteiger partial charge in [0.05, 0.1) is 11.8 Å². The highest BCUT2D eigenvalue weighted by Crippen LogP contribution is 2.03. The van der Waals surface area contributed by atoms with Crippen molar-refractivity contribution in [2.45, 2.75) is 32.9 Å². The Kier molecular flexibility index (Phi) is 4.10. The topological polar surface area (TPSA) is 50.1 Å². The highest BCUT2D eigenvalue weighted by molar-refractivity contribution is 5.14. The molecule has 1 heterocycles. The van der Waals surface area contributed by atoms with Gasteiger partial charge in [-0.05, 0) is 26.8 Å². The van der Waals surface area contributed by atoms with Crippen LogP contribution in [0.1, 0.15) is 24.6 Å². The average molecular weight is 197 g/mol. The van der Waals surface area contributed by atoms with E-state index in [0.29, 0.717) is 0 Å². The highest BCUT2D eigenvalue weighted by Gasteiger charge is 2.02. The smallest absolute Gasteiger partial charge is 0.0638 e. The second kappa shape index (κ2) is 5.12. The minimum atomic E-state index is -0.225. The average Bonchev–Trinajstić information content (AvgIpc) is 2.39. The van der Waals surface area contributed by atoms with Crippen LogP contribution in [0.3, 0.4) is 0 Å². The third kappa shape index (κ3) is 3.47. The molecular formula is C10H19N3O. The van der Waals surface area contributed by atoms with E-state index in [-0.39, 0.29) is 6.10 Å². The first-order valence-electron chi connectivity index (χ1n) is 4.97. The standard InChI is InChI=1S/C10H19N3O/c1-8(14)4-5-11-6-10-7-13(3)12-9(10)2/h7-8,11,14H,4-6H2,1-3H3. The summed E-state index contributed by atoms with van der Waals surface area (Å²) in [6.07, 6.45) is 2.58. The molecule has 0 saturated heterocycles. The van der Waals surface area contributed by atoms with Crippen LogP contribution in [0, 0.1) is 6.92 Å². The number of rotatable bonds is 5. The van der Waals surface area contributed by atoms with Gasteiger partial charge in [-0.25, -0.2) is 0 Å². The molecule has 1 aromatic rings. The minimum absolute atomic E-state index is 0.225. The van der Waals surface area contributed by atoms with Gasteiger partial charge in [0, 0.05) is 25.4 Å². The summed E-state index contributed by atoms with van der Waals surface area (Å²) in [5.74, 6) is 0. The molecule has 0 aliphatic carbocycles. The number of aryl methyl sites for hydroxylation is 2. The molecule has 2 N–H and O–H groups in total. The molecule has 0 aromatic carbocycles. The number of aliphatic hydroxyl groups is 1. The summed E-state index contributed by atoms with van der Waals surface area (Å²) < 4.78 is 1.82. The predicted octanol–water partition coefficient (Wildman–Crippen LogP) is 0.589. The molecule has 0 amide bonds. The summed E-state index contributed by atoms with van der Waals surface area (Å²) in [7, 11) is 1.92. The largest absolute Gasteiger partial charge is 0.393 e. The Morgan fingerprint density at radius 2 is 2.36 bits per heavy atom. The first kappa shape index (κ1) is 11.2.